The van der Waals surface area contributed by atoms with Gasteiger partial charge in [0.05, 0.1) is 30.7 Å². The third kappa shape index (κ3) is 4.15. The van der Waals surface area contributed by atoms with E-state index in [4.69, 9.17) is 14.2 Å². The summed E-state index contributed by atoms with van der Waals surface area (Å²) in [6.45, 7) is 8.15. The van der Waals surface area contributed by atoms with Gasteiger partial charge < -0.3 is 14.2 Å². The number of ether oxygens (including phenoxy) is 3. The normalized spacial score (nSPS) is 25.3. The quantitative estimate of drug-likeness (QED) is 0.698. The van der Waals surface area contributed by atoms with Crippen molar-refractivity contribution in [1.82, 2.24) is 0 Å². The minimum Gasteiger partial charge on any atom is -0.466 e. The van der Waals surface area contributed by atoms with E-state index in [2.05, 4.69) is 12.1 Å². The van der Waals surface area contributed by atoms with Crippen LogP contribution in [0.3, 0.4) is 0 Å². The van der Waals surface area contributed by atoms with E-state index in [0.717, 1.165) is 16.7 Å². The maximum atomic E-state index is 13.2. The molecule has 26 heavy (non-hydrogen) atoms. The van der Waals surface area contributed by atoms with Crippen LogP contribution in [-0.2, 0) is 30.2 Å². The molecular weight excluding hydrogens is 332 g/mol. The van der Waals surface area contributed by atoms with Gasteiger partial charge in [0.2, 0.25) is 0 Å². The van der Waals surface area contributed by atoms with E-state index in [0.29, 0.717) is 13.0 Å². The summed E-state index contributed by atoms with van der Waals surface area (Å²) in [6, 6.07) is 4.16. The molecule has 4 unspecified atom stereocenters. The van der Waals surface area contributed by atoms with Gasteiger partial charge in [0.15, 0.2) is 0 Å². The van der Waals surface area contributed by atoms with E-state index in [9.17, 15) is 9.59 Å². The SMILES string of the molecule is CCOC(=O)C1CC(OC)C(OC)C1C(=O)Cc1c(C)cc(C)cc1C. The summed E-state index contributed by atoms with van der Waals surface area (Å²) >= 11 is 0. The highest BCUT2D eigenvalue weighted by Crippen LogP contribution is 2.38. The van der Waals surface area contributed by atoms with Crippen LogP contribution in [0.1, 0.15) is 35.6 Å². The third-order valence-electron chi connectivity index (χ3n) is 5.37. The minimum absolute atomic E-state index is 0.00417. The number of hydrogen-bond donors (Lipinski definition) is 0. The van der Waals surface area contributed by atoms with Crippen LogP contribution in [-0.4, -0.2) is 44.8 Å². The molecule has 0 radical (unpaired) electrons. The molecule has 2 rings (SSSR count). The lowest BCUT2D eigenvalue weighted by molar-refractivity contribution is -0.152. The Kier molecular flexibility index (Phi) is 6.95. The molecule has 1 aromatic rings. The van der Waals surface area contributed by atoms with E-state index >= 15 is 0 Å². The highest BCUT2D eigenvalue weighted by atomic mass is 16.5. The predicted molar refractivity (Wildman–Crippen MR) is 99.2 cm³/mol. The van der Waals surface area contributed by atoms with Gasteiger partial charge in [0, 0.05) is 20.6 Å². The van der Waals surface area contributed by atoms with Gasteiger partial charge in [0.25, 0.3) is 0 Å². The van der Waals surface area contributed by atoms with Gasteiger partial charge in [-0.05, 0) is 50.8 Å². The number of esters is 1. The zero-order chi connectivity index (χ0) is 19.4. The molecular formula is C21H30O5. The molecule has 1 aliphatic rings. The molecule has 5 nitrogen and oxygen atoms in total. The number of methoxy groups -OCH3 is 2. The molecule has 0 N–H and O–H groups in total. The monoisotopic (exact) mass is 362 g/mol. The highest BCUT2D eigenvalue weighted by molar-refractivity contribution is 5.90. The fourth-order valence-corrected chi connectivity index (χ4v) is 4.20. The summed E-state index contributed by atoms with van der Waals surface area (Å²) in [6.07, 6.45) is 0.00167. The molecule has 1 aliphatic carbocycles. The molecule has 0 spiro atoms. The zero-order valence-electron chi connectivity index (χ0n) is 16.6. The van der Waals surface area contributed by atoms with E-state index in [1.165, 1.54) is 5.56 Å². The Labute approximate surface area is 156 Å². The van der Waals surface area contributed by atoms with Gasteiger partial charge in [-0.15, -0.1) is 0 Å². The van der Waals surface area contributed by atoms with Gasteiger partial charge in [-0.25, -0.2) is 0 Å². The number of hydrogen-bond acceptors (Lipinski definition) is 5. The molecule has 1 fully saturated rings. The summed E-state index contributed by atoms with van der Waals surface area (Å²) in [5.41, 5.74) is 4.40. The summed E-state index contributed by atoms with van der Waals surface area (Å²) in [5.74, 6) is -1.41. The maximum absolute atomic E-state index is 13.2. The second kappa shape index (κ2) is 8.78. The molecule has 144 valence electrons. The van der Waals surface area contributed by atoms with Gasteiger partial charge >= 0.3 is 5.97 Å². The van der Waals surface area contributed by atoms with Crippen molar-refractivity contribution in [2.75, 3.05) is 20.8 Å². The van der Waals surface area contributed by atoms with Crippen LogP contribution >= 0.6 is 0 Å². The average Bonchev–Trinajstić information content (AvgIpc) is 2.96. The Balaban J connectivity index is 2.31. The van der Waals surface area contributed by atoms with Crippen LogP contribution in [0, 0.1) is 32.6 Å². The van der Waals surface area contributed by atoms with Crippen LogP contribution < -0.4 is 0 Å². The summed E-state index contributed by atoms with van der Waals surface area (Å²) < 4.78 is 16.3. The van der Waals surface area contributed by atoms with Gasteiger partial charge in [-0.2, -0.15) is 0 Å². The van der Waals surface area contributed by atoms with Crippen molar-refractivity contribution in [2.45, 2.75) is 52.7 Å². The van der Waals surface area contributed by atoms with Crippen molar-refractivity contribution in [1.29, 1.82) is 0 Å². The van der Waals surface area contributed by atoms with Crippen molar-refractivity contribution in [3.8, 4) is 0 Å². The van der Waals surface area contributed by atoms with Crippen molar-refractivity contribution >= 4 is 11.8 Å². The molecule has 5 heteroatoms. The van der Waals surface area contributed by atoms with Crippen LogP contribution in [0.25, 0.3) is 0 Å². The van der Waals surface area contributed by atoms with Crippen LogP contribution in [0.15, 0.2) is 12.1 Å². The third-order valence-corrected chi connectivity index (χ3v) is 5.37. The van der Waals surface area contributed by atoms with E-state index in [1.807, 2.05) is 20.8 Å². The van der Waals surface area contributed by atoms with Gasteiger partial charge in [-0.3, -0.25) is 9.59 Å². The second-order valence-electron chi connectivity index (χ2n) is 7.11. The Morgan fingerprint density at radius 1 is 1.08 bits per heavy atom. The van der Waals surface area contributed by atoms with Crippen molar-refractivity contribution in [2.24, 2.45) is 11.8 Å². The topological polar surface area (TPSA) is 61.8 Å². The first-order chi connectivity index (χ1) is 12.3. The summed E-state index contributed by atoms with van der Waals surface area (Å²) in [4.78, 5) is 25.6. The van der Waals surface area contributed by atoms with Crippen LogP contribution in [0.2, 0.25) is 0 Å². The minimum atomic E-state index is -0.552. The first-order valence-corrected chi connectivity index (χ1v) is 9.15. The Bertz CT molecular complexity index is 643. The number of carbonyl (C=O) groups excluding carboxylic acids is 2. The number of ketones is 1. The van der Waals surface area contributed by atoms with Gasteiger partial charge in [-0.1, -0.05) is 17.7 Å². The lowest BCUT2D eigenvalue weighted by Gasteiger charge is -2.24. The number of Topliss-reactive ketones (excluding diaryl/α,β-unsaturated/α-hetero) is 1. The standard InChI is InChI=1S/C21H30O5/c1-7-26-21(23)16-11-18(24-5)20(25-6)19(16)17(22)10-15-13(3)8-12(2)9-14(15)4/h8-9,16,18-20H,7,10-11H2,1-6H3. The fraction of sp³-hybridized carbons (Fsp3) is 0.619. The fourth-order valence-electron chi connectivity index (χ4n) is 4.20. The van der Waals surface area contributed by atoms with Crippen molar-refractivity contribution in [3.63, 3.8) is 0 Å². The molecule has 4 atom stereocenters. The first-order valence-electron chi connectivity index (χ1n) is 9.15. The second-order valence-corrected chi connectivity index (χ2v) is 7.11. The van der Waals surface area contributed by atoms with E-state index in [1.54, 1.807) is 21.1 Å². The van der Waals surface area contributed by atoms with Crippen molar-refractivity contribution in [3.05, 3.63) is 34.4 Å². The number of carbonyl (C=O) groups is 2. The lowest BCUT2D eigenvalue weighted by Crippen LogP contribution is -2.37. The number of rotatable bonds is 7. The molecule has 1 aromatic carbocycles. The highest BCUT2D eigenvalue weighted by Gasteiger charge is 2.51. The molecule has 0 saturated heterocycles. The van der Waals surface area contributed by atoms with E-state index < -0.39 is 17.9 Å². The average molecular weight is 362 g/mol. The first kappa shape index (κ1) is 20.6. The molecule has 0 aromatic heterocycles. The Morgan fingerprint density at radius 3 is 2.19 bits per heavy atom. The molecule has 0 aliphatic heterocycles. The molecule has 0 amide bonds. The van der Waals surface area contributed by atoms with Crippen LogP contribution in [0.5, 0.6) is 0 Å². The predicted octanol–water partition coefficient (Wildman–Crippen LogP) is 2.95. The van der Waals surface area contributed by atoms with Crippen LogP contribution in [0.4, 0.5) is 0 Å². The van der Waals surface area contributed by atoms with E-state index in [-0.39, 0.29) is 24.3 Å². The Morgan fingerprint density at radius 2 is 1.69 bits per heavy atom. The number of aryl methyl sites for hydroxylation is 3. The Hall–Kier alpha value is -1.72. The molecule has 0 heterocycles. The lowest BCUT2D eigenvalue weighted by atomic mass is 9.85. The number of benzene rings is 1. The maximum Gasteiger partial charge on any atom is 0.309 e. The largest absolute Gasteiger partial charge is 0.466 e. The zero-order valence-corrected chi connectivity index (χ0v) is 16.6. The summed E-state index contributed by atoms with van der Waals surface area (Å²) in [5, 5.41) is 0. The van der Waals surface area contributed by atoms with Gasteiger partial charge in [0.1, 0.15) is 5.78 Å². The molecule has 1 saturated carbocycles. The summed E-state index contributed by atoms with van der Waals surface area (Å²) in [7, 11) is 3.15. The van der Waals surface area contributed by atoms with Crippen molar-refractivity contribution < 1.29 is 23.8 Å². The smallest absolute Gasteiger partial charge is 0.309 e. The molecule has 0 bridgehead atoms.